The maximum absolute atomic E-state index is 13.5. The molecule has 3 rings (SSSR count). The molecule has 1 fully saturated rings. The van der Waals surface area contributed by atoms with Gasteiger partial charge in [0, 0.05) is 24.7 Å². The molecule has 1 aliphatic heterocycles. The predicted molar refractivity (Wildman–Crippen MR) is 79.4 cm³/mol. The number of carbonyl (C=O) groups is 1. The fourth-order valence-electron chi connectivity index (χ4n) is 2.46. The number of aliphatic hydroxyl groups excluding tert-OH is 1. The highest BCUT2D eigenvalue weighted by atomic mass is 19.1. The number of hydrogen-bond acceptors (Lipinski definition) is 3. The van der Waals surface area contributed by atoms with Gasteiger partial charge in [-0.15, -0.1) is 0 Å². The molecule has 1 N–H and O–H groups in total. The SMILES string of the molecule is O=C(c1ccc(Oc2ccc(F)cc2F)cc1)N1CC[C@@H](O)C1. The molecule has 0 spiro atoms. The van der Waals surface area contributed by atoms with E-state index in [0.29, 0.717) is 30.8 Å². The smallest absolute Gasteiger partial charge is 0.253 e. The number of nitrogens with zero attached hydrogens (tertiary/aromatic N) is 1. The molecule has 2 aromatic carbocycles. The lowest BCUT2D eigenvalue weighted by Gasteiger charge is -2.15. The molecule has 120 valence electrons. The van der Waals surface area contributed by atoms with Crippen LogP contribution in [0.5, 0.6) is 11.5 Å². The van der Waals surface area contributed by atoms with E-state index in [0.717, 1.165) is 12.1 Å². The molecule has 1 saturated heterocycles. The normalized spacial score (nSPS) is 17.3. The van der Waals surface area contributed by atoms with Crippen molar-refractivity contribution in [3.8, 4) is 11.5 Å². The van der Waals surface area contributed by atoms with Gasteiger partial charge in [-0.2, -0.15) is 0 Å². The number of ether oxygens (including phenoxy) is 1. The van der Waals surface area contributed by atoms with Crippen molar-refractivity contribution in [1.82, 2.24) is 4.90 Å². The van der Waals surface area contributed by atoms with Crippen molar-refractivity contribution in [3.63, 3.8) is 0 Å². The van der Waals surface area contributed by atoms with E-state index < -0.39 is 17.7 Å². The van der Waals surface area contributed by atoms with Gasteiger partial charge in [0.25, 0.3) is 5.91 Å². The first kappa shape index (κ1) is 15.4. The van der Waals surface area contributed by atoms with Crippen LogP contribution in [0.3, 0.4) is 0 Å². The first-order chi connectivity index (χ1) is 11.0. The minimum atomic E-state index is -0.795. The van der Waals surface area contributed by atoms with Gasteiger partial charge < -0.3 is 14.7 Å². The molecule has 23 heavy (non-hydrogen) atoms. The zero-order valence-corrected chi connectivity index (χ0v) is 12.2. The topological polar surface area (TPSA) is 49.8 Å². The summed E-state index contributed by atoms with van der Waals surface area (Å²) in [6.45, 7) is 0.858. The number of hydrogen-bond donors (Lipinski definition) is 1. The van der Waals surface area contributed by atoms with Gasteiger partial charge in [-0.25, -0.2) is 8.78 Å². The van der Waals surface area contributed by atoms with Crippen molar-refractivity contribution >= 4 is 5.91 Å². The summed E-state index contributed by atoms with van der Waals surface area (Å²) >= 11 is 0. The Labute approximate surface area is 131 Å². The first-order valence-electron chi connectivity index (χ1n) is 7.23. The van der Waals surface area contributed by atoms with E-state index in [1.54, 1.807) is 29.2 Å². The molecule has 0 aliphatic carbocycles. The number of amides is 1. The van der Waals surface area contributed by atoms with Crippen LogP contribution < -0.4 is 4.74 Å². The van der Waals surface area contributed by atoms with E-state index in [4.69, 9.17) is 4.74 Å². The van der Waals surface area contributed by atoms with Crippen molar-refractivity contribution < 1.29 is 23.4 Å². The van der Waals surface area contributed by atoms with E-state index in [1.807, 2.05) is 0 Å². The van der Waals surface area contributed by atoms with Crippen LogP contribution in [0.4, 0.5) is 8.78 Å². The summed E-state index contributed by atoms with van der Waals surface area (Å²) in [5.41, 5.74) is 0.464. The third-order valence-corrected chi connectivity index (χ3v) is 3.67. The molecule has 6 heteroatoms. The fraction of sp³-hybridized carbons (Fsp3) is 0.235. The van der Waals surface area contributed by atoms with Crippen molar-refractivity contribution in [3.05, 3.63) is 59.7 Å². The molecule has 0 bridgehead atoms. The summed E-state index contributed by atoms with van der Waals surface area (Å²) in [7, 11) is 0. The van der Waals surface area contributed by atoms with Crippen molar-refractivity contribution in [2.75, 3.05) is 13.1 Å². The predicted octanol–water partition coefficient (Wildman–Crippen LogP) is 2.96. The largest absolute Gasteiger partial charge is 0.454 e. The van der Waals surface area contributed by atoms with Gasteiger partial charge in [-0.3, -0.25) is 4.79 Å². The molecule has 1 aliphatic rings. The molecule has 0 aromatic heterocycles. The van der Waals surface area contributed by atoms with Crippen LogP contribution in [0.15, 0.2) is 42.5 Å². The van der Waals surface area contributed by atoms with Crippen LogP contribution in [-0.2, 0) is 0 Å². The second-order valence-electron chi connectivity index (χ2n) is 5.39. The van der Waals surface area contributed by atoms with Crippen molar-refractivity contribution in [1.29, 1.82) is 0 Å². The van der Waals surface area contributed by atoms with E-state index in [1.165, 1.54) is 6.07 Å². The molecule has 2 aromatic rings. The van der Waals surface area contributed by atoms with Crippen LogP contribution in [0.25, 0.3) is 0 Å². The van der Waals surface area contributed by atoms with E-state index in [2.05, 4.69) is 0 Å². The van der Waals surface area contributed by atoms with Gasteiger partial charge in [0.15, 0.2) is 11.6 Å². The van der Waals surface area contributed by atoms with E-state index in [9.17, 15) is 18.7 Å². The molecule has 1 heterocycles. The minimum Gasteiger partial charge on any atom is -0.454 e. The van der Waals surface area contributed by atoms with Crippen LogP contribution in [0.2, 0.25) is 0 Å². The first-order valence-corrected chi connectivity index (χ1v) is 7.23. The van der Waals surface area contributed by atoms with Crippen molar-refractivity contribution in [2.45, 2.75) is 12.5 Å². The summed E-state index contributed by atoms with van der Waals surface area (Å²) < 4.78 is 31.7. The number of β-amino-alcohol motifs (C(OH)–C–C–N with tert-alkyl or cyclic N) is 1. The number of benzene rings is 2. The number of rotatable bonds is 3. The quantitative estimate of drug-likeness (QED) is 0.946. The third-order valence-electron chi connectivity index (χ3n) is 3.67. The Hall–Kier alpha value is -2.47. The second-order valence-corrected chi connectivity index (χ2v) is 5.39. The fourth-order valence-corrected chi connectivity index (χ4v) is 2.46. The highest BCUT2D eigenvalue weighted by Crippen LogP contribution is 2.25. The Morgan fingerprint density at radius 3 is 2.52 bits per heavy atom. The maximum atomic E-state index is 13.5. The summed E-state index contributed by atoms with van der Waals surface area (Å²) in [6, 6.07) is 9.29. The van der Waals surface area contributed by atoms with Gasteiger partial charge in [0.2, 0.25) is 0 Å². The molecule has 4 nitrogen and oxygen atoms in total. The van der Waals surface area contributed by atoms with Crippen LogP contribution >= 0.6 is 0 Å². The Balaban J connectivity index is 1.70. The number of aliphatic hydroxyl groups is 1. The summed E-state index contributed by atoms with van der Waals surface area (Å²) in [6.07, 6.45) is 0.111. The molecule has 0 radical (unpaired) electrons. The zero-order valence-electron chi connectivity index (χ0n) is 12.2. The van der Waals surface area contributed by atoms with Crippen molar-refractivity contribution in [2.24, 2.45) is 0 Å². The van der Waals surface area contributed by atoms with Gasteiger partial charge in [0.05, 0.1) is 6.10 Å². The lowest BCUT2D eigenvalue weighted by molar-refractivity contribution is 0.0765. The van der Waals surface area contributed by atoms with E-state index in [-0.39, 0.29) is 11.7 Å². The van der Waals surface area contributed by atoms with Gasteiger partial charge in [-0.05, 0) is 42.8 Å². The summed E-state index contributed by atoms with van der Waals surface area (Å²) in [5.74, 6) is -1.39. The average molecular weight is 319 g/mol. The molecular weight excluding hydrogens is 304 g/mol. The van der Waals surface area contributed by atoms with Crippen LogP contribution in [-0.4, -0.2) is 35.1 Å². The molecule has 1 atom stereocenters. The molecular formula is C17H15F2NO3. The standard InChI is InChI=1S/C17H15F2NO3/c18-12-3-6-16(15(19)9-12)23-14-4-1-11(2-5-14)17(22)20-8-7-13(21)10-20/h1-6,9,13,21H,7-8,10H2/t13-/m1/s1. The molecule has 0 saturated carbocycles. The van der Waals surface area contributed by atoms with Crippen LogP contribution in [0, 0.1) is 11.6 Å². The Morgan fingerprint density at radius 1 is 1.17 bits per heavy atom. The highest BCUT2D eigenvalue weighted by molar-refractivity contribution is 5.94. The lowest BCUT2D eigenvalue weighted by Crippen LogP contribution is -2.29. The number of halogens is 2. The lowest BCUT2D eigenvalue weighted by atomic mass is 10.2. The third kappa shape index (κ3) is 3.48. The van der Waals surface area contributed by atoms with Gasteiger partial charge in [0.1, 0.15) is 11.6 Å². The second kappa shape index (κ2) is 6.34. The van der Waals surface area contributed by atoms with Crippen LogP contribution in [0.1, 0.15) is 16.8 Å². The van der Waals surface area contributed by atoms with Gasteiger partial charge >= 0.3 is 0 Å². The molecule has 1 amide bonds. The average Bonchev–Trinajstić information content (AvgIpc) is 2.97. The minimum absolute atomic E-state index is 0.0897. The van der Waals surface area contributed by atoms with E-state index >= 15 is 0 Å². The summed E-state index contributed by atoms with van der Waals surface area (Å²) in [5, 5.41) is 9.47. The maximum Gasteiger partial charge on any atom is 0.253 e. The van der Waals surface area contributed by atoms with Gasteiger partial charge in [-0.1, -0.05) is 0 Å². The molecule has 0 unspecified atom stereocenters. The zero-order chi connectivity index (χ0) is 16.4. The Kier molecular flexibility index (Phi) is 4.25. The monoisotopic (exact) mass is 319 g/mol. The number of carbonyl (C=O) groups excluding carboxylic acids is 1. The summed E-state index contributed by atoms with van der Waals surface area (Å²) in [4.78, 5) is 13.8. The highest BCUT2D eigenvalue weighted by Gasteiger charge is 2.25. The number of likely N-dealkylation sites (tertiary alicyclic amines) is 1. The Bertz CT molecular complexity index is 718. The Morgan fingerprint density at radius 2 is 1.91 bits per heavy atom.